The molecule has 0 aromatic carbocycles. The summed E-state index contributed by atoms with van der Waals surface area (Å²) in [4.78, 5) is 11.0. The Morgan fingerprint density at radius 2 is 1.52 bits per heavy atom. The van der Waals surface area contributed by atoms with E-state index in [4.69, 9.17) is 5.26 Å². The van der Waals surface area contributed by atoms with Gasteiger partial charge in [-0.3, -0.25) is 4.79 Å². The van der Waals surface area contributed by atoms with Crippen LogP contribution < -0.4 is 0 Å². The third-order valence-corrected chi connectivity index (χ3v) is 6.52. The van der Waals surface area contributed by atoms with Crippen molar-refractivity contribution in [1.29, 1.82) is 5.26 Å². The number of unbranched alkanes of at least 4 members (excludes halogenated alkanes) is 9. The van der Waals surface area contributed by atoms with E-state index < -0.39 is 0 Å². The SMILES string of the molecule is CCCCCCCCC(CC#N)C(I)CCCCCCCC(=O)OC. The number of methoxy groups -OCH3 is 1. The van der Waals surface area contributed by atoms with E-state index in [0.29, 0.717) is 22.7 Å². The number of halogens is 1. The molecule has 0 fully saturated rings. The van der Waals surface area contributed by atoms with Gasteiger partial charge >= 0.3 is 5.97 Å². The smallest absolute Gasteiger partial charge is 0.305 e. The zero-order chi connectivity index (χ0) is 18.8. The van der Waals surface area contributed by atoms with Gasteiger partial charge in [0, 0.05) is 16.8 Å². The Labute approximate surface area is 169 Å². The quantitative estimate of drug-likeness (QED) is 0.101. The summed E-state index contributed by atoms with van der Waals surface area (Å²) in [6.45, 7) is 2.25. The van der Waals surface area contributed by atoms with Gasteiger partial charge < -0.3 is 4.74 Å². The highest BCUT2D eigenvalue weighted by Gasteiger charge is 2.17. The first-order valence-corrected chi connectivity index (χ1v) is 11.5. The lowest BCUT2D eigenvalue weighted by atomic mass is 9.92. The first kappa shape index (κ1) is 24.7. The molecule has 25 heavy (non-hydrogen) atoms. The second kappa shape index (κ2) is 18.5. The van der Waals surface area contributed by atoms with Gasteiger partial charge in [-0.15, -0.1) is 0 Å². The maximum atomic E-state index is 11.0. The average Bonchev–Trinajstić information content (AvgIpc) is 2.62. The number of esters is 1. The number of ether oxygens (including phenoxy) is 1. The van der Waals surface area contributed by atoms with Crippen LogP contribution in [0.1, 0.15) is 103 Å². The third-order valence-electron chi connectivity index (χ3n) is 4.88. The topological polar surface area (TPSA) is 50.1 Å². The summed E-state index contributed by atoms with van der Waals surface area (Å²) in [5, 5.41) is 9.10. The highest BCUT2D eigenvalue weighted by atomic mass is 127. The molecule has 0 aliphatic rings. The largest absolute Gasteiger partial charge is 0.469 e. The van der Waals surface area contributed by atoms with E-state index in [9.17, 15) is 4.79 Å². The first-order valence-electron chi connectivity index (χ1n) is 10.2. The number of carbonyl (C=O) groups excluding carboxylic acids is 1. The van der Waals surface area contributed by atoms with Crippen LogP contribution in [0.25, 0.3) is 0 Å². The normalized spacial score (nSPS) is 13.2. The molecule has 0 saturated carbocycles. The Bertz CT molecular complexity index is 354. The molecule has 0 spiro atoms. The van der Waals surface area contributed by atoms with E-state index in [1.807, 2.05) is 0 Å². The number of hydrogen-bond acceptors (Lipinski definition) is 3. The molecule has 0 bridgehead atoms. The summed E-state index contributed by atoms with van der Waals surface area (Å²) in [5.74, 6) is 0.470. The van der Waals surface area contributed by atoms with Crippen molar-refractivity contribution in [2.75, 3.05) is 7.11 Å². The Morgan fingerprint density at radius 3 is 2.12 bits per heavy atom. The van der Waals surface area contributed by atoms with Gasteiger partial charge in [0.1, 0.15) is 0 Å². The van der Waals surface area contributed by atoms with Crippen LogP contribution in [-0.2, 0) is 9.53 Å². The van der Waals surface area contributed by atoms with Crippen LogP contribution in [-0.4, -0.2) is 17.0 Å². The lowest BCUT2D eigenvalue weighted by Crippen LogP contribution is -2.14. The molecule has 0 aliphatic heterocycles. The minimum absolute atomic E-state index is 0.0960. The van der Waals surface area contributed by atoms with Crippen molar-refractivity contribution in [2.45, 2.75) is 107 Å². The van der Waals surface area contributed by atoms with Gasteiger partial charge in [-0.2, -0.15) is 5.26 Å². The molecule has 0 radical (unpaired) electrons. The Kier molecular flexibility index (Phi) is 18.3. The molecule has 0 aromatic rings. The maximum absolute atomic E-state index is 11.0. The van der Waals surface area contributed by atoms with E-state index in [0.717, 1.165) is 12.8 Å². The van der Waals surface area contributed by atoms with Crippen LogP contribution in [0.15, 0.2) is 0 Å². The number of hydrogen-bond donors (Lipinski definition) is 0. The van der Waals surface area contributed by atoms with Crippen LogP contribution in [0.4, 0.5) is 0 Å². The van der Waals surface area contributed by atoms with Gasteiger partial charge in [0.05, 0.1) is 13.2 Å². The van der Waals surface area contributed by atoms with Crippen molar-refractivity contribution in [3.8, 4) is 6.07 Å². The molecule has 146 valence electrons. The molecule has 0 heterocycles. The number of nitrogens with zero attached hydrogens (tertiary/aromatic N) is 1. The molecule has 0 aliphatic carbocycles. The minimum Gasteiger partial charge on any atom is -0.469 e. The summed E-state index contributed by atoms with van der Waals surface area (Å²) in [7, 11) is 1.45. The molecule has 0 amide bonds. The number of nitriles is 1. The molecule has 0 aromatic heterocycles. The fourth-order valence-electron chi connectivity index (χ4n) is 3.19. The molecule has 0 rings (SSSR count). The fraction of sp³-hybridized carbons (Fsp3) is 0.905. The van der Waals surface area contributed by atoms with Gasteiger partial charge in [-0.25, -0.2) is 0 Å². The van der Waals surface area contributed by atoms with Gasteiger partial charge in [0.2, 0.25) is 0 Å². The van der Waals surface area contributed by atoms with Crippen LogP contribution in [0.2, 0.25) is 0 Å². The molecule has 0 N–H and O–H groups in total. The van der Waals surface area contributed by atoms with Gasteiger partial charge in [-0.1, -0.05) is 93.7 Å². The first-order chi connectivity index (χ1) is 12.2. The highest BCUT2D eigenvalue weighted by Crippen LogP contribution is 2.28. The predicted molar refractivity (Wildman–Crippen MR) is 114 cm³/mol. The highest BCUT2D eigenvalue weighted by molar-refractivity contribution is 14.1. The van der Waals surface area contributed by atoms with E-state index in [1.165, 1.54) is 77.7 Å². The monoisotopic (exact) mass is 463 g/mol. The zero-order valence-electron chi connectivity index (χ0n) is 16.4. The minimum atomic E-state index is -0.0960. The zero-order valence-corrected chi connectivity index (χ0v) is 18.6. The standard InChI is InChI=1S/C21H38INO2/c1-3-4-5-6-8-11-14-19(17-18-23)20(22)15-12-9-7-10-13-16-21(24)25-2/h19-20H,3-17H2,1-2H3. The van der Waals surface area contributed by atoms with E-state index >= 15 is 0 Å². The van der Waals surface area contributed by atoms with Crippen molar-refractivity contribution in [3.05, 3.63) is 0 Å². The molecule has 4 heteroatoms. The van der Waals surface area contributed by atoms with E-state index in [-0.39, 0.29) is 5.97 Å². The molecular weight excluding hydrogens is 425 g/mol. The van der Waals surface area contributed by atoms with E-state index in [1.54, 1.807) is 0 Å². The summed E-state index contributed by atoms with van der Waals surface area (Å²) in [5.41, 5.74) is 0. The average molecular weight is 463 g/mol. The van der Waals surface area contributed by atoms with E-state index in [2.05, 4.69) is 40.3 Å². The third kappa shape index (κ3) is 15.6. The number of rotatable bonds is 17. The lowest BCUT2D eigenvalue weighted by molar-refractivity contribution is -0.140. The molecule has 2 unspecified atom stereocenters. The summed E-state index contributed by atoms with van der Waals surface area (Å²) in [6, 6.07) is 2.40. The Hall–Kier alpha value is -0.310. The summed E-state index contributed by atoms with van der Waals surface area (Å²) < 4.78 is 5.28. The molecule has 2 atom stereocenters. The van der Waals surface area contributed by atoms with Crippen LogP contribution in [0.3, 0.4) is 0 Å². The van der Waals surface area contributed by atoms with Gasteiger partial charge in [-0.05, 0) is 25.2 Å². The van der Waals surface area contributed by atoms with Crippen molar-refractivity contribution in [3.63, 3.8) is 0 Å². The Morgan fingerprint density at radius 1 is 0.960 bits per heavy atom. The second-order valence-electron chi connectivity index (χ2n) is 7.08. The van der Waals surface area contributed by atoms with Crippen molar-refractivity contribution in [2.24, 2.45) is 5.92 Å². The Balaban J connectivity index is 3.73. The predicted octanol–water partition coefficient (Wildman–Crippen LogP) is 6.97. The summed E-state index contributed by atoms with van der Waals surface area (Å²) in [6.07, 6.45) is 17.4. The van der Waals surface area contributed by atoms with Crippen LogP contribution >= 0.6 is 22.6 Å². The molecular formula is C21H38INO2. The van der Waals surface area contributed by atoms with Crippen molar-refractivity contribution in [1.82, 2.24) is 0 Å². The number of alkyl halides is 1. The maximum Gasteiger partial charge on any atom is 0.305 e. The lowest BCUT2D eigenvalue weighted by Gasteiger charge is -2.20. The van der Waals surface area contributed by atoms with Gasteiger partial charge in [0.15, 0.2) is 0 Å². The van der Waals surface area contributed by atoms with Crippen molar-refractivity contribution < 1.29 is 9.53 Å². The number of carbonyl (C=O) groups is 1. The summed E-state index contributed by atoms with van der Waals surface area (Å²) >= 11 is 2.57. The second-order valence-corrected chi connectivity index (χ2v) is 8.68. The van der Waals surface area contributed by atoms with Crippen LogP contribution in [0, 0.1) is 17.2 Å². The van der Waals surface area contributed by atoms with Crippen LogP contribution in [0.5, 0.6) is 0 Å². The molecule has 0 saturated heterocycles. The van der Waals surface area contributed by atoms with Gasteiger partial charge in [0.25, 0.3) is 0 Å². The molecule has 3 nitrogen and oxygen atoms in total. The fourth-order valence-corrected chi connectivity index (χ4v) is 4.25. The van der Waals surface area contributed by atoms with Crippen molar-refractivity contribution >= 4 is 28.6 Å².